The smallest absolute Gasteiger partial charge is 0.407 e. The van der Waals surface area contributed by atoms with Crippen LogP contribution in [0.4, 0.5) is 4.79 Å². The molecule has 0 bridgehead atoms. The zero-order valence-electron chi connectivity index (χ0n) is 28.2. The van der Waals surface area contributed by atoms with Crippen LogP contribution in [0.25, 0.3) is 11.0 Å². The highest BCUT2D eigenvalue weighted by atomic mass is 16.5. The number of aromatic amines is 1. The summed E-state index contributed by atoms with van der Waals surface area (Å²) in [6, 6.07) is 11.5. The molecule has 0 saturated heterocycles. The third kappa shape index (κ3) is 10.00. The topological polar surface area (TPSA) is 164 Å². The number of primary amides is 1. The lowest BCUT2D eigenvalue weighted by atomic mass is 9.80. The van der Waals surface area contributed by atoms with Crippen molar-refractivity contribution >= 4 is 28.9 Å². The maximum Gasteiger partial charge on any atom is 0.407 e. The Labute approximate surface area is 278 Å². The van der Waals surface area contributed by atoms with Crippen LogP contribution >= 0.6 is 0 Å². The van der Waals surface area contributed by atoms with Gasteiger partial charge in [0.1, 0.15) is 18.5 Å². The molecule has 1 aliphatic carbocycles. The molecule has 11 heteroatoms. The molecule has 3 amide bonds. The van der Waals surface area contributed by atoms with E-state index < -0.39 is 36.1 Å². The minimum absolute atomic E-state index is 0.00684. The van der Waals surface area contributed by atoms with Gasteiger partial charge in [0.25, 0.3) is 0 Å². The number of aliphatic hydroxyl groups excluding tert-OH is 1. The summed E-state index contributed by atoms with van der Waals surface area (Å²) in [5.41, 5.74) is 8.17. The van der Waals surface area contributed by atoms with Crippen molar-refractivity contribution in [3.8, 4) is 0 Å². The number of alkyl carbamates (subject to hydrolysis) is 1. The molecule has 5 N–H and O–H groups in total. The fourth-order valence-electron chi connectivity index (χ4n) is 6.73. The number of rotatable bonds is 16. The van der Waals surface area contributed by atoms with E-state index in [0.29, 0.717) is 30.3 Å². The number of imidazole rings is 1. The second-order valence-corrected chi connectivity index (χ2v) is 13.4. The highest BCUT2D eigenvalue weighted by molar-refractivity contribution is 5.88. The monoisotopic (exact) mass is 648 g/mol. The molecule has 1 aromatic carbocycles. The zero-order chi connectivity index (χ0) is 33.9. The summed E-state index contributed by atoms with van der Waals surface area (Å²) in [5, 5.41) is 14.7. The average Bonchev–Trinajstić information content (AvgIpc) is 3.48. The second-order valence-electron chi connectivity index (χ2n) is 13.4. The first-order chi connectivity index (χ1) is 22.6. The van der Waals surface area contributed by atoms with Crippen LogP contribution in [0.5, 0.6) is 0 Å². The van der Waals surface area contributed by atoms with Crippen LogP contribution in [-0.4, -0.2) is 61.1 Å². The molecule has 2 aromatic heterocycles. The van der Waals surface area contributed by atoms with E-state index >= 15 is 0 Å². The predicted molar refractivity (Wildman–Crippen MR) is 181 cm³/mol. The second kappa shape index (κ2) is 17.2. The summed E-state index contributed by atoms with van der Waals surface area (Å²) in [6.45, 7) is 7.81. The molecule has 1 saturated carbocycles. The number of hydrogen-bond donors (Lipinski definition) is 4. The Balaban J connectivity index is 1.56. The molecule has 1 fully saturated rings. The van der Waals surface area contributed by atoms with Gasteiger partial charge in [-0.05, 0) is 54.9 Å². The lowest BCUT2D eigenvalue weighted by molar-refractivity contribution is -0.147. The number of carbonyl (C=O) groups excluding carboxylic acids is 3. The number of ether oxygens (including phenoxy) is 1. The fraction of sp³-hybridized carbons (Fsp3) is 0.583. The van der Waals surface area contributed by atoms with Crippen LogP contribution in [0.2, 0.25) is 0 Å². The summed E-state index contributed by atoms with van der Waals surface area (Å²) in [6.07, 6.45) is 6.76. The fourth-order valence-corrected chi connectivity index (χ4v) is 6.73. The molecule has 0 radical (unpaired) electrons. The van der Waals surface area contributed by atoms with Crippen molar-refractivity contribution in [3.63, 3.8) is 0 Å². The van der Waals surface area contributed by atoms with Crippen molar-refractivity contribution in [3.05, 3.63) is 60.2 Å². The number of carbonyl (C=O) groups is 3. The Hall–Kier alpha value is -3.99. The maximum absolute atomic E-state index is 14.5. The number of pyridine rings is 1. The van der Waals surface area contributed by atoms with Gasteiger partial charge in [0, 0.05) is 12.1 Å². The number of aromatic nitrogens is 3. The van der Waals surface area contributed by atoms with Gasteiger partial charge < -0.3 is 30.8 Å². The predicted octanol–water partition coefficient (Wildman–Crippen LogP) is 5.48. The van der Waals surface area contributed by atoms with Gasteiger partial charge in [-0.2, -0.15) is 0 Å². The summed E-state index contributed by atoms with van der Waals surface area (Å²) in [5.74, 6) is -0.996. The number of H-pyrrole nitrogens is 1. The highest BCUT2D eigenvalue weighted by Gasteiger charge is 2.39. The third-order valence-electron chi connectivity index (χ3n) is 9.63. The number of amides is 3. The van der Waals surface area contributed by atoms with Crippen LogP contribution in [0.1, 0.15) is 90.6 Å². The first kappa shape index (κ1) is 35.9. The van der Waals surface area contributed by atoms with Crippen molar-refractivity contribution in [1.82, 2.24) is 25.2 Å². The molecule has 5 atom stereocenters. The average molecular weight is 649 g/mol. The van der Waals surface area contributed by atoms with Gasteiger partial charge >= 0.3 is 6.09 Å². The van der Waals surface area contributed by atoms with E-state index in [4.69, 9.17) is 10.5 Å². The molecule has 2 heterocycles. The van der Waals surface area contributed by atoms with Gasteiger partial charge in [-0.1, -0.05) is 84.4 Å². The molecule has 0 aliphatic heterocycles. The third-order valence-corrected chi connectivity index (χ3v) is 9.63. The Kier molecular flexibility index (Phi) is 13.2. The number of benzene rings is 1. The largest absolute Gasteiger partial charge is 0.443 e. The number of nitrogens with two attached hydrogens (primary N) is 1. The normalized spacial score (nSPS) is 17.1. The van der Waals surface area contributed by atoms with Crippen LogP contribution in [0, 0.1) is 23.7 Å². The van der Waals surface area contributed by atoms with E-state index in [0.717, 1.165) is 36.7 Å². The Morgan fingerprint density at radius 1 is 1.09 bits per heavy atom. The van der Waals surface area contributed by atoms with E-state index in [1.165, 1.54) is 11.3 Å². The molecule has 3 aromatic rings. The minimum atomic E-state index is -1.03. The molecule has 256 valence electrons. The quantitative estimate of drug-likeness (QED) is 0.160. The number of aliphatic hydroxyl groups is 1. The van der Waals surface area contributed by atoms with Crippen LogP contribution in [-0.2, 0) is 27.5 Å². The van der Waals surface area contributed by atoms with E-state index in [1.54, 1.807) is 18.3 Å². The summed E-state index contributed by atoms with van der Waals surface area (Å²) >= 11 is 0. The Morgan fingerprint density at radius 3 is 2.45 bits per heavy atom. The Morgan fingerprint density at radius 2 is 1.81 bits per heavy atom. The van der Waals surface area contributed by atoms with Crippen molar-refractivity contribution in [2.45, 2.75) is 110 Å². The zero-order valence-corrected chi connectivity index (χ0v) is 28.2. The molecular formula is C36H52N6O5. The van der Waals surface area contributed by atoms with E-state index in [9.17, 15) is 19.5 Å². The molecule has 0 unspecified atom stereocenters. The number of para-hydroxylation sites is 2. The molecule has 47 heavy (non-hydrogen) atoms. The van der Waals surface area contributed by atoms with Crippen molar-refractivity contribution in [2.75, 3.05) is 0 Å². The lowest BCUT2D eigenvalue weighted by Crippen LogP contribution is -2.54. The lowest BCUT2D eigenvalue weighted by Gasteiger charge is -2.37. The molecule has 1 aliphatic rings. The number of nitrogens with zero attached hydrogens (tertiary/aromatic N) is 3. The van der Waals surface area contributed by atoms with Crippen molar-refractivity contribution in [1.29, 1.82) is 0 Å². The van der Waals surface area contributed by atoms with E-state index in [1.807, 2.05) is 58.0 Å². The van der Waals surface area contributed by atoms with Crippen LogP contribution in [0.15, 0.2) is 48.7 Å². The van der Waals surface area contributed by atoms with Crippen molar-refractivity contribution in [2.24, 2.45) is 29.4 Å². The van der Waals surface area contributed by atoms with Gasteiger partial charge in [0.05, 0.1) is 35.4 Å². The summed E-state index contributed by atoms with van der Waals surface area (Å²) in [4.78, 5) is 54.1. The van der Waals surface area contributed by atoms with E-state index in [-0.39, 0.29) is 37.3 Å². The van der Waals surface area contributed by atoms with Gasteiger partial charge in [-0.3, -0.25) is 14.6 Å². The molecule has 11 nitrogen and oxygen atoms in total. The maximum atomic E-state index is 14.5. The number of fused-ring (bicyclic) bond motifs is 1. The first-order valence-electron chi connectivity index (χ1n) is 17.1. The summed E-state index contributed by atoms with van der Waals surface area (Å²) in [7, 11) is 0. The molecular weight excluding hydrogens is 596 g/mol. The van der Waals surface area contributed by atoms with Crippen LogP contribution in [0.3, 0.4) is 0 Å². The highest BCUT2D eigenvalue weighted by Crippen LogP contribution is 2.31. The number of hydrogen-bond acceptors (Lipinski definition) is 7. The number of nitrogens with one attached hydrogen (secondary N) is 2. The van der Waals surface area contributed by atoms with Gasteiger partial charge in [-0.15, -0.1) is 0 Å². The SMILES string of the molecule is CC[C@H](C)[C@@H](C(N)=O)N(Cc1nc2ccccc2[nH]1)C(=O)[C@@H](C[C@H](O)[C@H](CC1CCCCC1)NC(=O)OCc1ccccn1)C(C)C. The van der Waals surface area contributed by atoms with E-state index in [2.05, 4.69) is 20.3 Å². The standard InChI is InChI=1S/C36H52N6O5/c1-5-24(4)33(34(37)44)42(21-32-39-28-16-9-10-17-29(28)40-32)35(45)27(23(2)3)20-31(43)30(19-25-13-7-6-8-14-25)41-36(46)47-22-26-15-11-12-18-38-26/h9-12,15-18,23-25,27,30-31,33,43H,5-8,13-14,19-22H2,1-4H3,(H2,37,44)(H,39,40)(H,41,46)/t24-,27-,30-,31-,33-/m0/s1. The van der Waals surface area contributed by atoms with Gasteiger partial charge in [0.15, 0.2) is 0 Å². The first-order valence-corrected chi connectivity index (χ1v) is 17.1. The van der Waals surface area contributed by atoms with Crippen LogP contribution < -0.4 is 11.1 Å². The summed E-state index contributed by atoms with van der Waals surface area (Å²) < 4.78 is 5.46. The molecule has 0 spiro atoms. The van der Waals surface area contributed by atoms with Gasteiger partial charge in [0.2, 0.25) is 11.8 Å². The van der Waals surface area contributed by atoms with Crippen molar-refractivity contribution < 1.29 is 24.2 Å². The Bertz CT molecular complexity index is 1410. The minimum Gasteiger partial charge on any atom is -0.443 e. The molecule has 4 rings (SSSR count). The van der Waals surface area contributed by atoms with Gasteiger partial charge in [-0.25, -0.2) is 9.78 Å².